The Hall–Kier alpha value is -6.45. The second-order valence-corrected chi connectivity index (χ2v) is 18.9. The highest BCUT2D eigenvalue weighted by atomic mass is 16.7. The molecule has 11 atom stereocenters. The van der Waals surface area contributed by atoms with E-state index in [-0.39, 0.29) is 56.6 Å². The number of aliphatic hydroxyl groups is 2. The van der Waals surface area contributed by atoms with Crippen molar-refractivity contribution in [3.05, 3.63) is 88.2 Å². The molecular formula is C52H65N5O12. The van der Waals surface area contributed by atoms with Gasteiger partial charge in [-0.25, -0.2) is 0 Å². The van der Waals surface area contributed by atoms with Crippen molar-refractivity contribution in [2.45, 2.75) is 118 Å². The zero-order valence-electron chi connectivity index (χ0n) is 41.1. The van der Waals surface area contributed by atoms with Gasteiger partial charge in [-0.1, -0.05) is 58.1 Å². The molecule has 0 aromatic heterocycles. The number of ketones is 1. The van der Waals surface area contributed by atoms with Gasteiger partial charge in [0.1, 0.15) is 23.4 Å². The number of hydrogen-bond donors (Lipinski definition) is 6. The van der Waals surface area contributed by atoms with Crippen molar-refractivity contribution in [1.82, 2.24) is 9.91 Å². The van der Waals surface area contributed by atoms with Gasteiger partial charge in [0, 0.05) is 80.8 Å². The zero-order valence-corrected chi connectivity index (χ0v) is 41.1. The van der Waals surface area contributed by atoms with Crippen LogP contribution < -0.4 is 10.1 Å². The van der Waals surface area contributed by atoms with Gasteiger partial charge >= 0.3 is 11.8 Å². The number of allylic oxidation sites excluding steroid dienone is 2. The summed E-state index contributed by atoms with van der Waals surface area (Å²) in [5, 5.41) is 77.5. The maximum Gasteiger partial charge on any atom is 0.312 e. The normalized spacial score (nSPS) is 31.1. The number of ether oxygens (including phenoxy) is 4. The Morgan fingerprint density at radius 2 is 1.65 bits per heavy atom. The summed E-state index contributed by atoms with van der Waals surface area (Å²) in [6.07, 6.45) is 4.76. The van der Waals surface area contributed by atoms with E-state index < -0.39 is 88.8 Å². The summed E-state index contributed by atoms with van der Waals surface area (Å²) >= 11 is 0. The summed E-state index contributed by atoms with van der Waals surface area (Å²) in [5.74, 6) is -8.64. The lowest BCUT2D eigenvalue weighted by molar-refractivity contribution is -0.160. The summed E-state index contributed by atoms with van der Waals surface area (Å²) in [7, 11) is 1.43. The summed E-state index contributed by atoms with van der Waals surface area (Å²) in [4.78, 5) is 43.3. The van der Waals surface area contributed by atoms with E-state index >= 15 is 0 Å². The molecule has 4 aliphatic rings. The molecule has 17 heteroatoms. The largest absolute Gasteiger partial charge is 0.507 e. The smallest absolute Gasteiger partial charge is 0.312 e. The number of phenols is 3. The Morgan fingerprint density at radius 3 is 2.29 bits per heavy atom. The minimum absolute atomic E-state index is 0.0350. The molecule has 0 aliphatic carbocycles. The average molecular weight is 952 g/mol. The number of aromatic hydroxyl groups is 3. The minimum Gasteiger partial charge on any atom is -0.507 e. The van der Waals surface area contributed by atoms with E-state index in [0.717, 1.165) is 5.56 Å². The number of methoxy groups -OCH3 is 1. The SMILES string of the molecule is COC1/C=C/OC2(C)Oc3c(C)c(O)c4c(O)c(c(C=NN5C(C)CN(Cc6cccc(C#N)c6)CC5C)c(O)c4c3C2=O)NC(=O)/C(C)=C\C=C\C(C)C(O)C(C)C(O)C(C)C(OC(C)=O)C1C. The molecule has 1 amide bonds. The molecule has 370 valence electrons. The van der Waals surface area contributed by atoms with Crippen LogP contribution >= 0.6 is 0 Å². The first kappa shape index (κ1) is 51.9. The number of Topliss-reactive ketones (excluding diaryl/α,β-unsaturated/α-hetero) is 1. The molecule has 3 aromatic carbocycles. The van der Waals surface area contributed by atoms with Gasteiger partial charge in [-0.2, -0.15) is 10.4 Å². The average Bonchev–Trinajstić information content (AvgIpc) is 3.57. The van der Waals surface area contributed by atoms with Crippen molar-refractivity contribution in [2.75, 3.05) is 25.5 Å². The molecule has 17 nitrogen and oxygen atoms in total. The molecular weight excluding hydrogens is 887 g/mol. The highest BCUT2D eigenvalue weighted by molar-refractivity contribution is 6.23. The number of benzene rings is 3. The Bertz CT molecular complexity index is 2630. The minimum atomic E-state index is -2.08. The maximum absolute atomic E-state index is 14.7. The number of phenolic OH excluding ortho intramolecular Hbond substituents is 3. The van der Waals surface area contributed by atoms with Gasteiger partial charge in [-0.15, -0.1) is 0 Å². The summed E-state index contributed by atoms with van der Waals surface area (Å²) in [5.41, 5.74) is 1.06. The van der Waals surface area contributed by atoms with Gasteiger partial charge < -0.3 is 49.8 Å². The van der Waals surface area contributed by atoms with E-state index in [4.69, 9.17) is 24.0 Å². The van der Waals surface area contributed by atoms with Gasteiger partial charge in [0.15, 0.2) is 5.75 Å². The van der Waals surface area contributed by atoms with Crippen LogP contribution in [0.1, 0.15) is 94.9 Å². The predicted octanol–water partition coefficient (Wildman–Crippen LogP) is 6.55. The molecule has 69 heavy (non-hydrogen) atoms. The number of esters is 1. The van der Waals surface area contributed by atoms with Crippen molar-refractivity contribution in [3.8, 4) is 29.1 Å². The molecule has 4 aliphatic heterocycles. The number of carbonyl (C=O) groups is 3. The lowest BCUT2D eigenvalue weighted by Crippen LogP contribution is -2.54. The molecule has 0 spiro atoms. The standard InChI is InChI=1S/C52H65N5O12/c1-26-14-12-15-27(2)51(65)55-42-37(22-54-57-28(3)23-56(24-29(57)4)25-36-17-13-16-35(20-36)21-53)46(62)39-40(47(42)63)45(61)33(8)49-41(39)50(64)52(10,69-49)67-19-18-38(66-11)30(5)48(68-34(9)58)32(7)44(60)31(6)43(26)59/h12-20,22,26,28-32,38,43-44,48,59-63H,23-25H2,1-11H3,(H,55,65)/b14-12+,19-18+,27-15-,54-22?. The Morgan fingerprint density at radius 1 is 0.971 bits per heavy atom. The fourth-order valence-electron chi connectivity index (χ4n) is 9.77. The van der Waals surface area contributed by atoms with Crippen LogP contribution in [-0.2, 0) is 30.3 Å². The fraction of sp³-hybridized carbons (Fsp3) is 0.481. The predicted molar refractivity (Wildman–Crippen MR) is 259 cm³/mol. The summed E-state index contributed by atoms with van der Waals surface area (Å²) < 4.78 is 23.8. The number of nitrogens with zero attached hydrogens (tertiary/aromatic N) is 4. The number of hydrogen-bond acceptors (Lipinski definition) is 16. The number of anilines is 1. The van der Waals surface area contributed by atoms with E-state index in [1.165, 1.54) is 59.4 Å². The van der Waals surface area contributed by atoms with Crippen molar-refractivity contribution < 1.29 is 58.9 Å². The number of rotatable bonds is 6. The van der Waals surface area contributed by atoms with Gasteiger partial charge in [0.05, 0.1) is 76.7 Å². The van der Waals surface area contributed by atoms with Gasteiger partial charge in [0.25, 0.3) is 11.7 Å². The first-order chi connectivity index (χ1) is 32.5. The van der Waals surface area contributed by atoms with Crippen LogP contribution in [-0.4, -0.2) is 122 Å². The van der Waals surface area contributed by atoms with Crippen LogP contribution in [0.5, 0.6) is 23.0 Å². The highest BCUT2D eigenvalue weighted by Crippen LogP contribution is 2.55. The molecule has 0 saturated carbocycles. The molecule has 1 fully saturated rings. The second kappa shape index (κ2) is 21.0. The number of amides is 1. The number of nitrogens with one attached hydrogen (secondary N) is 1. The molecule has 3 aromatic rings. The first-order valence-electron chi connectivity index (χ1n) is 23.2. The maximum atomic E-state index is 14.7. The van der Waals surface area contributed by atoms with E-state index in [1.807, 2.05) is 37.1 Å². The van der Waals surface area contributed by atoms with Crippen LogP contribution in [0.3, 0.4) is 0 Å². The van der Waals surface area contributed by atoms with Crippen molar-refractivity contribution in [2.24, 2.45) is 28.8 Å². The number of fused-ring (bicyclic) bond motifs is 14. The van der Waals surface area contributed by atoms with E-state index in [9.17, 15) is 45.2 Å². The number of piperazine rings is 1. The monoisotopic (exact) mass is 951 g/mol. The quantitative estimate of drug-likeness (QED) is 0.0664. The number of carbonyl (C=O) groups excluding carboxylic acids is 3. The fourth-order valence-corrected chi connectivity index (χ4v) is 9.77. The molecule has 11 unspecified atom stereocenters. The molecule has 6 N–H and O–H groups in total. The lowest BCUT2D eigenvalue weighted by Gasteiger charge is -2.42. The van der Waals surface area contributed by atoms with Crippen LogP contribution in [0.2, 0.25) is 0 Å². The Labute approximate surface area is 402 Å². The third-order valence-electron chi connectivity index (χ3n) is 13.8. The van der Waals surface area contributed by atoms with Crippen molar-refractivity contribution in [1.29, 1.82) is 5.26 Å². The van der Waals surface area contributed by atoms with E-state index in [0.29, 0.717) is 25.2 Å². The number of aliphatic hydroxyl groups excluding tert-OH is 2. The first-order valence-corrected chi connectivity index (χ1v) is 23.2. The zero-order chi connectivity index (χ0) is 50.8. The van der Waals surface area contributed by atoms with Crippen molar-refractivity contribution in [3.63, 3.8) is 0 Å². The van der Waals surface area contributed by atoms with E-state index in [2.05, 4.69) is 16.3 Å². The Balaban J connectivity index is 1.48. The van der Waals surface area contributed by atoms with Crippen molar-refractivity contribution >= 4 is 40.3 Å². The molecule has 1 saturated heterocycles. The molecule has 7 rings (SSSR count). The third-order valence-corrected chi connectivity index (χ3v) is 13.8. The van der Waals surface area contributed by atoms with Crippen LogP contribution in [0.4, 0.5) is 5.69 Å². The highest BCUT2D eigenvalue weighted by Gasteiger charge is 2.50. The lowest BCUT2D eigenvalue weighted by atomic mass is 9.78. The summed E-state index contributed by atoms with van der Waals surface area (Å²) in [6.45, 7) is 18.2. The number of hydrazone groups is 1. The van der Waals surface area contributed by atoms with E-state index in [1.54, 1.807) is 45.9 Å². The second-order valence-electron chi connectivity index (χ2n) is 18.9. The number of nitriles is 1. The third kappa shape index (κ3) is 10.4. The Kier molecular flexibility index (Phi) is 15.8. The molecule has 0 radical (unpaired) electrons. The summed E-state index contributed by atoms with van der Waals surface area (Å²) in [6, 6.07) is 9.26. The van der Waals surface area contributed by atoms with Gasteiger partial charge in [-0.3, -0.25) is 24.3 Å². The van der Waals surface area contributed by atoms with Crippen LogP contribution in [0.15, 0.2) is 65.5 Å². The van der Waals surface area contributed by atoms with Crippen LogP contribution in [0, 0.1) is 41.9 Å². The topological polar surface area (TPSA) is 244 Å². The molecule has 5 bridgehead atoms. The molecule has 4 heterocycles. The van der Waals surface area contributed by atoms with Gasteiger partial charge in [0.2, 0.25) is 0 Å². The van der Waals surface area contributed by atoms with Crippen LogP contribution in [0.25, 0.3) is 10.8 Å². The van der Waals surface area contributed by atoms with Gasteiger partial charge in [-0.05, 0) is 51.5 Å².